The third-order valence-corrected chi connectivity index (χ3v) is 8.44. The van der Waals surface area contributed by atoms with E-state index in [1.807, 2.05) is 38.4 Å². The molecule has 5 aromatic heterocycles. The molecule has 6 aromatic rings. The highest BCUT2D eigenvalue weighted by Crippen LogP contribution is 2.33. The van der Waals surface area contributed by atoms with Gasteiger partial charge in [0.1, 0.15) is 11.5 Å². The third-order valence-electron chi connectivity index (χ3n) is 8.44. The lowest BCUT2D eigenvalue weighted by atomic mass is 9.88. The first kappa shape index (κ1) is 29.5. The summed E-state index contributed by atoms with van der Waals surface area (Å²) in [6.45, 7) is 1.51. The van der Waals surface area contributed by atoms with E-state index in [2.05, 4.69) is 45.7 Å². The van der Waals surface area contributed by atoms with Gasteiger partial charge in [0.05, 0.1) is 34.8 Å². The molecule has 4 N–H and O–H groups in total. The maximum atomic E-state index is 14.7. The molecule has 12 heteroatoms. The molecule has 0 aliphatic heterocycles. The van der Waals surface area contributed by atoms with Crippen molar-refractivity contribution >= 4 is 39.3 Å². The second kappa shape index (κ2) is 12.6. The summed E-state index contributed by atoms with van der Waals surface area (Å²) in [6, 6.07) is 10.6. The average Bonchev–Trinajstić information content (AvgIpc) is 3.69. The van der Waals surface area contributed by atoms with Gasteiger partial charge in [0.2, 0.25) is 5.91 Å². The number of pyridine rings is 3. The maximum Gasteiger partial charge on any atom is 0.227 e. The van der Waals surface area contributed by atoms with Crippen LogP contribution >= 0.6 is 0 Å². The lowest BCUT2D eigenvalue weighted by Crippen LogP contribution is -2.24. The minimum Gasteiger partial charge on any atom is -0.384 e. The number of halogens is 1. The van der Waals surface area contributed by atoms with Crippen LogP contribution in [-0.4, -0.2) is 73.1 Å². The second-order valence-electron chi connectivity index (χ2n) is 12.1. The molecule has 5 heterocycles. The van der Waals surface area contributed by atoms with Crippen molar-refractivity contribution in [1.82, 2.24) is 40.0 Å². The summed E-state index contributed by atoms with van der Waals surface area (Å²) in [5, 5.41) is 14.7. The van der Waals surface area contributed by atoms with Gasteiger partial charge in [-0.2, -0.15) is 5.10 Å². The lowest BCUT2D eigenvalue weighted by molar-refractivity contribution is -0.120. The Morgan fingerprint density at radius 2 is 1.85 bits per heavy atom. The molecule has 1 saturated carbocycles. The average molecular weight is 619 g/mol. The number of likely N-dealkylation sites (N-methyl/N-ethyl adjacent to an activating group) is 1. The molecular weight excluding hydrogens is 583 g/mol. The number of nitrogens with zero attached hydrogens (tertiary/aromatic N) is 6. The summed E-state index contributed by atoms with van der Waals surface area (Å²) in [5.74, 6) is 0.282. The summed E-state index contributed by atoms with van der Waals surface area (Å²) in [7, 11) is 3.99. The van der Waals surface area contributed by atoms with Gasteiger partial charge in [-0.15, -0.1) is 0 Å². The van der Waals surface area contributed by atoms with Gasteiger partial charge < -0.3 is 20.5 Å². The molecule has 0 radical (unpaired) electrons. The normalized spacial score (nSPS) is 13.9. The topological polar surface area (TPSA) is 140 Å². The van der Waals surface area contributed by atoms with Crippen LogP contribution in [-0.2, 0) is 4.79 Å². The minimum atomic E-state index is -0.333. The summed E-state index contributed by atoms with van der Waals surface area (Å²) in [5.41, 5.74) is 6.79. The number of anilines is 2. The fourth-order valence-electron chi connectivity index (χ4n) is 6.05. The molecule has 234 valence electrons. The third kappa shape index (κ3) is 6.16. The summed E-state index contributed by atoms with van der Waals surface area (Å²) < 4.78 is 14.7. The molecule has 1 aliphatic rings. The van der Waals surface area contributed by atoms with Crippen LogP contribution < -0.4 is 10.6 Å². The highest BCUT2D eigenvalue weighted by molar-refractivity contribution is 5.97. The summed E-state index contributed by atoms with van der Waals surface area (Å²) in [6.07, 6.45) is 12.0. The molecule has 1 aromatic carbocycles. The van der Waals surface area contributed by atoms with E-state index in [4.69, 9.17) is 4.98 Å². The van der Waals surface area contributed by atoms with Crippen molar-refractivity contribution in [2.75, 3.05) is 37.8 Å². The highest BCUT2D eigenvalue weighted by Gasteiger charge is 2.22. The zero-order valence-electron chi connectivity index (χ0n) is 25.8. The molecule has 0 bridgehead atoms. The van der Waals surface area contributed by atoms with E-state index < -0.39 is 0 Å². The van der Waals surface area contributed by atoms with Crippen LogP contribution in [0.1, 0.15) is 32.1 Å². The van der Waals surface area contributed by atoms with E-state index in [1.54, 1.807) is 24.8 Å². The van der Waals surface area contributed by atoms with Gasteiger partial charge in [0.25, 0.3) is 0 Å². The Kier molecular flexibility index (Phi) is 8.10. The molecular formula is C34H35FN10O. The van der Waals surface area contributed by atoms with Gasteiger partial charge in [0.15, 0.2) is 11.5 Å². The molecule has 0 unspecified atom stereocenters. The van der Waals surface area contributed by atoms with Crippen molar-refractivity contribution in [1.29, 1.82) is 0 Å². The number of imidazole rings is 1. The van der Waals surface area contributed by atoms with E-state index in [0.29, 0.717) is 51.9 Å². The van der Waals surface area contributed by atoms with Crippen molar-refractivity contribution in [3.8, 4) is 33.9 Å². The van der Waals surface area contributed by atoms with Crippen LogP contribution in [0.4, 0.5) is 15.8 Å². The zero-order chi connectivity index (χ0) is 31.6. The number of benzene rings is 1. The summed E-state index contributed by atoms with van der Waals surface area (Å²) in [4.78, 5) is 36.5. The zero-order valence-corrected chi connectivity index (χ0v) is 25.8. The Hall–Kier alpha value is -5.23. The number of fused-ring (bicyclic) bond motifs is 2. The Morgan fingerprint density at radius 3 is 2.70 bits per heavy atom. The first-order valence-corrected chi connectivity index (χ1v) is 15.6. The molecule has 1 aliphatic carbocycles. The second-order valence-corrected chi connectivity index (χ2v) is 12.1. The van der Waals surface area contributed by atoms with Crippen molar-refractivity contribution < 1.29 is 9.18 Å². The van der Waals surface area contributed by atoms with E-state index in [1.165, 1.54) is 18.6 Å². The van der Waals surface area contributed by atoms with Crippen LogP contribution in [0.15, 0.2) is 61.2 Å². The predicted molar refractivity (Wildman–Crippen MR) is 178 cm³/mol. The standard InChI is InChI=1S/C34H35FN10O/c1-45(2)11-10-37-24-13-21(12-23(35)15-24)26-8-9-38-32-30(26)41-33(42-32)31-27-16-28(39-19-29(27)43-44-31)22-14-25(18-36-17-22)40-34(46)20-6-4-3-5-7-20/h8-9,12-20,37H,3-7,10-11H2,1-2H3,(H,40,46)(H,43,44)(H,38,41,42). The number of aromatic amines is 2. The van der Waals surface area contributed by atoms with E-state index in [-0.39, 0.29) is 17.6 Å². The predicted octanol–water partition coefficient (Wildman–Crippen LogP) is 6.26. The Bertz CT molecular complexity index is 2030. The highest BCUT2D eigenvalue weighted by atomic mass is 19.1. The van der Waals surface area contributed by atoms with E-state index >= 15 is 0 Å². The van der Waals surface area contributed by atoms with Gasteiger partial charge in [-0.05, 0) is 68.9 Å². The Balaban J connectivity index is 1.19. The van der Waals surface area contributed by atoms with Gasteiger partial charge in [-0.1, -0.05) is 19.3 Å². The van der Waals surface area contributed by atoms with Crippen LogP contribution in [0.5, 0.6) is 0 Å². The Labute approximate surface area is 265 Å². The lowest BCUT2D eigenvalue weighted by Gasteiger charge is -2.20. The van der Waals surface area contributed by atoms with Crippen LogP contribution in [0.25, 0.3) is 56.0 Å². The van der Waals surface area contributed by atoms with Crippen molar-refractivity contribution in [2.45, 2.75) is 32.1 Å². The number of rotatable bonds is 9. The molecule has 0 spiro atoms. The molecule has 11 nitrogen and oxygen atoms in total. The molecule has 46 heavy (non-hydrogen) atoms. The first-order valence-electron chi connectivity index (χ1n) is 15.6. The fraction of sp³-hybridized carbons (Fsp3) is 0.294. The van der Waals surface area contributed by atoms with Crippen molar-refractivity contribution in [3.63, 3.8) is 0 Å². The number of aromatic nitrogens is 7. The van der Waals surface area contributed by atoms with Crippen molar-refractivity contribution in [3.05, 3.63) is 67.0 Å². The molecule has 0 saturated heterocycles. The summed E-state index contributed by atoms with van der Waals surface area (Å²) >= 11 is 0. The molecule has 1 amide bonds. The van der Waals surface area contributed by atoms with E-state index in [0.717, 1.165) is 54.3 Å². The molecule has 7 rings (SSSR count). The number of hydrogen-bond acceptors (Lipinski definition) is 8. The van der Waals surface area contributed by atoms with Gasteiger partial charge in [-0.25, -0.2) is 14.4 Å². The quantitative estimate of drug-likeness (QED) is 0.149. The number of carbonyl (C=O) groups excluding carboxylic acids is 1. The van der Waals surface area contributed by atoms with Gasteiger partial charge in [0, 0.05) is 53.6 Å². The number of nitrogens with one attached hydrogen (secondary N) is 4. The maximum absolute atomic E-state index is 14.7. The smallest absolute Gasteiger partial charge is 0.227 e. The number of carbonyl (C=O) groups is 1. The first-order chi connectivity index (χ1) is 22.4. The van der Waals surface area contributed by atoms with Crippen LogP contribution in [0.2, 0.25) is 0 Å². The number of hydrogen-bond donors (Lipinski definition) is 4. The largest absolute Gasteiger partial charge is 0.384 e. The minimum absolute atomic E-state index is 0.0481. The monoisotopic (exact) mass is 618 g/mol. The SMILES string of the molecule is CN(C)CCNc1cc(F)cc(-c2ccnc3nc(-c4n[nH]c5cnc(-c6cncc(NC(=O)C7CCCCC7)c6)cc45)[nH]c23)c1. The van der Waals surface area contributed by atoms with E-state index in [9.17, 15) is 9.18 Å². The Morgan fingerprint density at radius 1 is 1.00 bits per heavy atom. The van der Waals surface area contributed by atoms with Crippen LogP contribution in [0, 0.1) is 11.7 Å². The fourth-order valence-corrected chi connectivity index (χ4v) is 6.05. The van der Waals surface area contributed by atoms with Gasteiger partial charge in [-0.3, -0.25) is 19.9 Å². The molecule has 1 fully saturated rings. The number of amides is 1. The number of H-pyrrole nitrogens is 2. The van der Waals surface area contributed by atoms with Crippen LogP contribution in [0.3, 0.4) is 0 Å². The van der Waals surface area contributed by atoms with Crippen molar-refractivity contribution in [2.24, 2.45) is 5.92 Å². The van der Waals surface area contributed by atoms with Gasteiger partial charge >= 0.3 is 0 Å². The molecule has 0 atom stereocenters.